The van der Waals surface area contributed by atoms with Crippen LogP contribution in [0.25, 0.3) is 17.1 Å². The first-order valence-corrected chi connectivity index (χ1v) is 10.0. The van der Waals surface area contributed by atoms with E-state index in [2.05, 4.69) is 5.32 Å². The predicted octanol–water partition coefficient (Wildman–Crippen LogP) is 3.26. The van der Waals surface area contributed by atoms with Crippen molar-refractivity contribution in [1.29, 1.82) is 0 Å². The average Bonchev–Trinajstić information content (AvgIpc) is 2.61. The number of carboxylic acid groups (broad SMARTS) is 1. The van der Waals surface area contributed by atoms with E-state index in [0.29, 0.717) is 30.1 Å². The smallest absolute Gasteiger partial charge is 0.341 e. The van der Waals surface area contributed by atoms with Gasteiger partial charge in [-0.1, -0.05) is 20.8 Å². The molecule has 2 atom stereocenters. The zero-order chi connectivity index (χ0) is 22.0. The van der Waals surface area contributed by atoms with Gasteiger partial charge < -0.3 is 24.6 Å². The fourth-order valence-corrected chi connectivity index (χ4v) is 4.21. The average molecular weight is 415 g/mol. The summed E-state index contributed by atoms with van der Waals surface area (Å²) in [5.74, 6) is -1.13. The Balaban J connectivity index is 2.05. The topological polar surface area (TPSA) is 83.8 Å². The van der Waals surface area contributed by atoms with Gasteiger partial charge in [0.2, 0.25) is 5.43 Å². The fourth-order valence-electron chi connectivity index (χ4n) is 4.21. The monoisotopic (exact) mass is 415 g/mol. The van der Waals surface area contributed by atoms with Crippen LogP contribution in [0.4, 0.5) is 10.1 Å². The number of hydrogen-bond acceptors (Lipinski definition) is 5. The van der Waals surface area contributed by atoms with Gasteiger partial charge >= 0.3 is 5.97 Å². The van der Waals surface area contributed by atoms with Crippen LogP contribution < -0.4 is 20.4 Å². The highest BCUT2D eigenvalue weighted by molar-refractivity contribution is 5.98. The fraction of sp³-hybridized carbons (Fsp3) is 0.455. The predicted molar refractivity (Wildman–Crippen MR) is 114 cm³/mol. The van der Waals surface area contributed by atoms with E-state index in [0.717, 1.165) is 6.07 Å². The number of allylic oxidation sites excluding steroid dienone is 1. The maximum absolute atomic E-state index is 15.4. The van der Waals surface area contributed by atoms with E-state index in [1.54, 1.807) is 10.8 Å². The van der Waals surface area contributed by atoms with Crippen molar-refractivity contribution >= 4 is 28.8 Å². The molecule has 1 aromatic carbocycles. The Hall–Kier alpha value is -2.87. The lowest BCUT2D eigenvalue weighted by molar-refractivity contribution is 0.0695. The molecular weight excluding hydrogens is 389 g/mol. The minimum Gasteiger partial charge on any atom is -0.477 e. The summed E-state index contributed by atoms with van der Waals surface area (Å²) in [5, 5.41) is 12.9. The molecule has 4 rings (SSSR count). The number of piperazine rings is 1. The molecule has 0 aliphatic carbocycles. The minimum atomic E-state index is -1.35. The molecule has 0 amide bonds. The van der Waals surface area contributed by atoms with E-state index >= 15 is 4.39 Å². The van der Waals surface area contributed by atoms with Gasteiger partial charge in [-0.15, -0.1) is 0 Å². The van der Waals surface area contributed by atoms with E-state index < -0.39 is 28.2 Å². The highest BCUT2D eigenvalue weighted by atomic mass is 19.1. The summed E-state index contributed by atoms with van der Waals surface area (Å²) < 4.78 is 23.2. The number of nitrogens with zero attached hydrogens (tertiary/aromatic N) is 2. The minimum absolute atomic E-state index is 0.00779. The normalized spacial score (nSPS) is 21.4. The molecule has 2 N–H and O–H groups in total. The van der Waals surface area contributed by atoms with Crippen LogP contribution in [0.15, 0.2) is 22.8 Å². The molecule has 3 heterocycles. The largest absolute Gasteiger partial charge is 0.477 e. The number of anilines is 1. The molecule has 1 aromatic heterocycles. The molecule has 0 bridgehead atoms. The van der Waals surface area contributed by atoms with Crippen LogP contribution in [0.2, 0.25) is 0 Å². The molecule has 2 aromatic rings. The molecule has 2 aliphatic rings. The number of carboxylic acids is 1. The lowest BCUT2D eigenvalue weighted by Crippen LogP contribution is -2.54. The number of pyridine rings is 1. The van der Waals surface area contributed by atoms with E-state index in [-0.39, 0.29) is 23.2 Å². The summed E-state index contributed by atoms with van der Waals surface area (Å²) in [7, 11) is 0. The van der Waals surface area contributed by atoms with E-state index in [1.807, 2.05) is 39.5 Å². The molecule has 1 saturated heterocycles. The second kappa shape index (κ2) is 6.84. The molecule has 160 valence electrons. The van der Waals surface area contributed by atoms with Gasteiger partial charge in [0.25, 0.3) is 0 Å². The first kappa shape index (κ1) is 20.4. The van der Waals surface area contributed by atoms with Crippen molar-refractivity contribution in [3.05, 3.63) is 39.6 Å². The van der Waals surface area contributed by atoms with Gasteiger partial charge in [-0.05, 0) is 19.9 Å². The summed E-state index contributed by atoms with van der Waals surface area (Å²) in [6.45, 7) is 11.1. The molecule has 8 heteroatoms. The number of rotatable bonds is 2. The van der Waals surface area contributed by atoms with Crippen LogP contribution in [0.5, 0.6) is 5.75 Å². The molecule has 30 heavy (non-hydrogen) atoms. The summed E-state index contributed by atoms with van der Waals surface area (Å²) in [5.41, 5.74) is -0.860. The number of nitrogens with one attached hydrogen (secondary N) is 1. The Morgan fingerprint density at radius 1 is 1.27 bits per heavy atom. The third kappa shape index (κ3) is 3.25. The Bertz CT molecular complexity index is 1140. The Morgan fingerprint density at radius 3 is 2.47 bits per heavy atom. The first-order valence-electron chi connectivity index (χ1n) is 10.0. The Morgan fingerprint density at radius 2 is 1.90 bits per heavy atom. The van der Waals surface area contributed by atoms with Gasteiger partial charge in [-0.25, -0.2) is 9.18 Å². The van der Waals surface area contributed by atoms with Crippen LogP contribution in [0.1, 0.15) is 45.0 Å². The van der Waals surface area contributed by atoms with Crippen LogP contribution in [0.3, 0.4) is 0 Å². The molecule has 0 spiro atoms. The van der Waals surface area contributed by atoms with Crippen molar-refractivity contribution in [3.63, 3.8) is 0 Å². The highest BCUT2D eigenvalue weighted by Gasteiger charge is 2.33. The molecule has 0 radical (unpaired) electrons. The summed E-state index contributed by atoms with van der Waals surface area (Å²) >= 11 is 0. The summed E-state index contributed by atoms with van der Waals surface area (Å²) in [4.78, 5) is 26.3. The van der Waals surface area contributed by atoms with Gasteiger partial charge in [0.15, 0.2) is 11.6 Å². The van der Waals surface area contributed by atoms with E-state index in [9.17, 15) is 14.7 Å². The van der Waals surface area contributed by atoms with Gasteiger partial charge in [0, 0.05) is 43.0 Å². The zero-order valence-corrected chi connectivity index (χ0v) is 17.7. The summed E-state index contributed by atoms with van der Waals surface area (Å²) in [6, 6.07) is 1.43. The van der Waals surface area contributed by atoms with Crippen molar-refractivity contribution in [3.8, 4) is 5.75 Å². The van der Waals surface area contributed by atoms with Crippen LogP contribution in [-0.2, 0) is 0 Å². The van der Waals surface area contributed by atoms with Gasteiger partial charge in [-0.2, -0.15) is 0 Å². The third-order valence-electron chi connectivity index (χ3n) is 5.51. The van der Waals surface area contributed by atoms with Gasteiger partial charge in [0.1, 0.15) is 22.5 Å². The number of aromatic carboxylic acids is 1. The van der Waals surface area contributed by atoms with Crippen molar-refractivity contribution in [2.45, 2.75) is 46.7 Å². The second-order valence-corrected chi connectivity index (χ2v) is 9.24. The zero-order valence-electron chi connectivity index (χ0n) is 17.7. The van der Waals surface area contributed by atoms with Crippen molar-refractivity contribution < 1.29 is 19.0 Å². The van der Waals surface area contributed by atoms with Gasteiger partial charge in [-0.3, -0.25) is 4.79 Å². The number of aromatic nitrogens is 1. The second-order valence-electron chi connectivity index (χ2n) is 9.24. The molecule has 1 fully saturated rings. The first-order chi connectivity index (χ1) is 14.0. The van der Waals surface area contributed by atoms with Crippen molar-refractivity contribution in [2.75, 3.05) is 18.0 Å². The standard InChI is InChI=1S/C22H26FN3O4/c1-11-7-25(8-12(2)24-11)18-15(23)6-13-17-20(18)30-16(22(3,4)5)10-26(17)9-14(19(13)27)21(28)29/h6,9-12,24H,7-8H2,1-5H3,(H,28,29). The number of benzene rings is 1. The summed E-state index contributed by atoms with van der Waals surface area (Å²) in [6.07, 6.45) is 2.96. The van der Waals surface area contributed by atoms with Crippen molar-refractivity contribution in [1.82, 2.24) is 9.88 Å². The van der Waals surface area contributed by atoms with Crippen LogP contribution in [-0.4, -0.2) is 40.8 Å². The quantitative estimate of drug-likeness (QED) is 0.783. The Labute approximate surface area is 173 Å². The van der Waals surface area contributed by atoms with Crippen molar-refractivity contribution in [2.24, 2.45) is 5.41 Å². The Kier molecular flexibility index (Phi) is 4.65. The lowest BCUT2D eigenvalue weighted by Gasteiger charge is -2.39. The molecule has 0 saturated carbocycles. The number of halogens is 1. The van der Waals surface area contributed by atoms with E-state index in [1.165, 1.54) is 6.20 Å². The van der Waals surface area contributed by atoms with Crippen LogP contribution >= 0.6 is 0 Å². The molecule has 7 nitrogen and oxygen atoms in total. The molecule has 2 unspecified atom stereocenters. The number of ether oxygens (including phenoxy) is 1. The van der Waals surface area contributed by atoms with Crippen LogP contribution in [0, 0.1) is 11.2 Å². The van der Waals surface area contributed by atoms with E-state index in [4.69, 9.17) is 4.74 Å². The number of hydrogen-bond donors (Lipinski definition) is 2. The lowest BCUT2D eigenvalue weighted by atomic mass is 9.93. The highest BCUT2D eigenvalue weighted by Crippen LogP contribution is 2.44. The maximum atomic E-state index is 15.4. The number of carbonyl (C=O) groups is 1. The SMILES string of the molecule is CC1CN(c2c(F)cc3c(=O)c(C(=O)O)cn4c3c2OC(C(C)(C)C)=C4)CC(C)N1. The third-order valence-corrected chi connectivity index (χ3v) is 5.51. The maximum Gasteiger partial charge on any atom is 0.341 e. The molecule has 2 aliphatic heterocycles. The van der Waals surface area contributed by atoms with Gasteiger partial charge in [0.05, 0.1) is 5.39 Å². The molecular formula is C22H26FN3O4.